The topological polar surface area (TPSA) is 75.9 Å². The Hall–Kier alpha value is -1.49. The number of aromatic amines is 1. The van der Waals surface area contributed by atoms with Gasteiger partial charge in [0.2, 0.25) is 0 Å². The van der Waals surface area contributed by atoms with E-state index in [1.807, 2.05) is 12.1 Å². The van der Waals surface area contributed by atoms with Gasteiger partial charge in [0.05, 0.1) is 5.75 Å². The highest BCUT2D eigenvalue weighted by Crippen LogP contribution is 2.22. The molecule has 0 unspecified atom stereocenters. The lowest BCUT2D eigenvalue weighted by Crippen LogP contribution is -2.00. The molecule has 0 aliphatic rings. The molecule has 2 rings (SSSR count). The van der Waals surface area contributed by atoms with Crippen molar-refractivity contribution in [3.05, 3.63) is 30.0 Å². The number of aromatic nitrogens is 1. The summed E-state index contributed by atoms with van der Waals surface area (Å²) in [4.78, 5) is 3.03. The van der Waals surface area contributed by atoms with Gasteiger partial charge in [0, 0.05) is 28.5 Å². The molecule has 4 nitrogen and oxygen atoms in total. The molecular weight excluding hydrogens is 212 g/mol. The Morgan fingerprint density at radius 3 is 2.73 bits per heavy atom. The highest BCUT2D eigenvalue weighted by atomic mass is 32.2. The summed E-state index contributed by atoms with van der Waals surface area (Å²) >= 11 is 0. The summed E-state index contributed by atoms with van der Waals surface area (Å²) in [5, 5.41) is 0.871. The molecule has 0 aliphatic carbocycles. The summed E-state index contributed by atoms with van der Waals surface area (Å²) in [7, 11) is -3.01. The number of nitrogen functional groups attached to an aromatic ring is 1. The lowest BCUT2D eigenvalue weighted by molar-refractivity contribution is 0.600. The summed E-state index contributed by atoms with van der Waals surface area (Å²) in [5.74, 6) is 0.0150. The predicted octanol–water partition coefficient (Wildman–Crippen LogP) is 1.29. The summed E-state index contributed by atoms with van der Waals surface area (Å²) in [5.41, 5.74) is 7.96. The maximum Gasteiger partial charge on any atom is 0.153 e. The molecule has 0 saturated heterocycles. The van der Waals surface area contributed by atoms with Crippen molar-refractivity contribution in [3.63, 3.8) is 0 Å². The van der Waals surface area contributed by atoms with Crippen LogP contribution in [0.4, 0.5) is 5.69 Å². The van der Waals surface area contributed by atoms with Gasteiger partial charge in [0.1, 0.15) is 0 Å². The van der Waals surface area contributed by atoms with E-state index in [2.05, 4.69) is 4.98 Å². The van der Waals surface area contributed by atoms with Gasteiger partial charge in [-0.1, -0.05) is 6.07 Å². The molecule has 15 heavy (non-hydrogen) atoms. The molecule has 2 aromatic rings. The molecule has 0 aliphatic heterocycles. The molecule has 0 fully saturated rings. The smallest absolute Gasteiger partial charge is 0.153 e. The standard InChI is InChI=1S/C10H12N2O2S/c1-15(13,14)6-7-5-8-9(11)3-2-4-10(8)12-7/h2-5,12H,6,11H2,1H3. The van der Waals surface area contributed by atoms with Crippen LogP contribution in [0.2, 0.25) is 0 Å². The highest BCUT2D eigenvalue weighted by Gasteiger charge is 2.08. The third-order valence-corrected chi connectivity index (χ3v) is 3.01. The summed E-state index contributed by atoms with van der Waals surface area (Å²) in [6.07, 6.45) is 1.21. The van der Waals surface area contributed by atoms with Crippen LogP contribution in [0.1, 0.15) is 5.69 Å². The number of H-pyrrole nitrogens is 1. The van der Waals surface area contributed by atoms with Crippen molar-refractivity contribution in [2.45, 2.75) is 5.75 Å². The van der Waals surface area contributed by atoms with Gasteiger partial charge >= 0.3 is 0 Å². The molecule has 1 aromatic heterocycles. The van der Waals surface area contributed by atoms with Crippen LogP contribution in [0.5, 0.6) is 0 Å². The fraction of sp³-hybridized carbons (Fsp3) is 0.200. The molecule has 1 heterocycles. The third kappa shape index (κ3) is 2.12. The number of nitrogens with two attached hydrogens (primary N) is 1. The number of anilines is 1. The fourth-order valence-corrected chi connectivity index (χ4v) is 2.32. The van der Waals surface area contributed by atoms with Gasteiger partial charge in [-0.25, -0.2) is 8.42 Å². The molecule has 0 saturated carbocycles. The number of benzene rings is 1. The molecule has 0 atom stereocenters. The largest absolute Gasteiger partial charge is 0.398 e. The average Bonchev–Trinajstić information content (AvgIpc) is 2.45. The number of fused-ring (bicyclic) bond motifs is 1. The SMILES string of the molecule is CS(=O)(=O)Cc1cc2c(N)cccc2[nH]1. The summed E-state index contributed by atoms with van der Waals surface area (Å²) in [6, 6.07) is 7.28. The van der Waals surface area contributed by atoms with Gasteiger partial charge in [0.15, 0.2) is 9.84 Å². The van der Waals surface area contributed by atoms with Crippen LogP contribution in [0.25, 0.3) is 10.9 Å². The van der Waals surface area contributed by atoms with Crippen LogP contribution in [-0.2, 0) is 15.6 Å². The minimum Gasteiger partial charge on any atom is -0.398 e. The van der Waals surface area contributed by atoms with Crippen molar-refractivity contribution < 1.29 is 8.42 Å². The van der Waals surface area contributed by atoms with Crippen LogP contribution in [0.3, 0.4) is 0 Å². The van der Waals surface area contributed by atoms with Gasteiger partial charge < -0.3 is 10.7 Å². The van der Waals surface area contributed by atoms with Crippen molar-refractivity contribution in [1.82, 2.24) is 4.98 Å². The van der Waals surface area contributed by atoms with Crippen LogP contribution in [0.15, 0.2) is 24.3 Å². The Kier molecular flexibility index (Phi) is 2.19. The van der Waals surface area contributed by atoms with Crippen LogP contribution >= 0.6 is 0 Å². The monoisotopic (exact) mass is 224 g/mol. The van der Waals surface area contributed by atoms with Gasteiger partial charge in [0.25, 0.3) is 0 Å². The second-order valence-corrected chi connectivity index (χ2v) is 5.81. The second-order valence-electron chi connectivity index (χ2n) is 3.67. The van der Waals surface area contributed by atoms with Crippen LogP contribution < -0.4 is 5.73 Å². The van der Waals surface area contributed by atoms with Crippen molar-refractivity contribution in [1.29, 1.82) is 0 Å². The van der Waals surface area contributed by atoms with Gasteiger partial charge in [-0.15, -0.1) is 0 Å². The number of nitrogens with one attached hydrogen (secondary N) is 1. The van der Waals surface area contributed by atoms with Crippen molar-refractivity contribution in [3.8, 4) is 0 Å². The van der Waals surface area contributed by atoms with E-state index in [-0.39, 0.29) is 5.75 Å². The molecule has 0 amide bonds. The average molecular weight is 224 g/mol. The highest BCUT2D eigenvalue weighted by molar-refractivity contribution is 7.89. The quantitative estimate of drug-likeness (QED) is 0.755. The van der Waals surface area contributed by atoms with Gasteiger partial charge in [-0.3, -0.25) is 0 Å². The van der Waals surface area contributed by atoms with Gasteiger partial charge in [-0.2, -0.15) is 0 Å². The lowest BCUT2D eigenvalue weighted by Gasteiger charge is -1.92. The molecule has 0 spiro atoms. The first-order chi connectivity index (χ1) is 6.96. The van der Waals surface area contributed by atoms with E-state index in [1.165, 1.54) is 6.26 Å². The molecule has 80 valence electrons. The van der Waals surface area contributed by atoms with Gasteiger partial charge in [-0.05, 0) is 18.2 Å². The first-order valence-electron chi connectivity index (χ1n) is 4.49. The number of rotatable bonds is 2. The van der Waals surface area contributed by atoms with E-state index < -0.39 is 9.84 Å². The normalized spacial score (nSPS) is 12.1. The molecule has 0 radical (unpaired) electrons. The first kappa shape index (κ1) is 10.0. The zero-order valence-electron chi connectivity index (χ0n) is 8.32. The van der Waals surface area contributed by atoms with E-state index in [4.69, 9.17) is 5.73 Å². The maximum atomic E-state index is 11.1. The van der Waals surface area contributed by atoms with Crippen molar-refractivity contribution in [2.75, 3.05) is 12.0 Å². The number of hydrogen-bond acceptors (Lipinski definition) is 3. The van der Waals surface area contributed by atoms with Crippen molar-refractivity contribution >= 4 is 26.4 Å². The lowest BCUT2D eigenvalue weighted by atomic mass is 10.2. The molecule has 3 N–H and O–H groups in total. The summed E-state index contributed by atoms with van der Waals surface area (Å²) < 4.78 is 22.2. The molecular formula is C10H12N2O2S. The van der Waals surface area contributed by atoms with E-state index >= 15 is 0 Å². The zero-order chi connectivity index (χ0) is 11.1. The van der Waals surface area contributed by atoms with Crippen LogP contribution in [-0.4, -0.2) is 19.7 Å². The number of sulfone groups is 1. The van der Waals surface area contributed by atoms with E-state index in [0.29, 0.717) is 11.4 Å². The van der Waals surface area contributed by atoms with E-state index in [9.17, 15) is 8.42 Å². The van der Waals surface area contributed by atoms with E-state index in [1.54, 1.807) is 12.1 Å². The zero-order valence-corrected chi connectivity index (χ0v) is 9.14. The first-order valence-corrected chi connectivity index (χ1v) is 6.55. The Balaban J connectivity index is 2.53. The number of hydrogen-bond donors (Lipinski definition) is 2. The molecule has 1 aromatic carbocycles. The minimum absolute atomic E-state index is 0.0150. The third-order valence-electron chi connectivity index (χ3n) is 2.17. The minimum atomic E-state index is -3.01. The summed E-state index contributed by atoms with van der Waals surface area (Å²) in [6.45, 7) is 0. The Morgan fingerprint density at radius 1 is 1.40 bits per heavy atom. The molecule has 0 bridgehead atoms. The van der Waals surface area contributed by atoms with E-state index in [0.717, 1.165) is 10.9 Å². The predicted molar refractivity (Wildman–Crippen MR) is 61.3 cm³/mol. The molecule has 5 heteroatoms. The fourth-order valence-electron chi connectivity index (χ4n) is 1.60. The second kappa shape index (κ2) is 3.27. The Labute approximate surface area is 88.0 Å². The Bertz CT molecular complexity index is 599. The maximum absolute atomic E-state index is 11.1. The Morgan fingerprint density at radius 2 is 2.13 bits per heavy atom. The van der Waals surface area contributed by atoms with Crippen LogP contribution in [0, 0.1) is 0 Å². The van der Waals surface area contributed by atoms with Crippen molar-refractivity contribution in [2.24, 2.45) is 0 Å².